The van der Waals surface area contributed by atoms with Crippen LogP contribution in [-0.2, 0) is 40.0 Å². The lowest BCUT2D eigenvalue weighted by Gasteiger charge is -2.25. The van der Waals surface area contributed by atoms with Gasteiger partial charge in [0.2, 0.25) is 0 Å². The normalized spacial score (nSPS) is 19.0. The molecular formula is C21H31N5O7S2. The van der Waals surface area contributed by atoms with Gasteiger partial charge in [-0.1, -0.05) is 19.3 Å². The Kier molecular flexibility index (Phi) is 7.38. The lowest BCUT2D eigenvalue weighted by molar-refractivity contribution is -0.0795. The number of hydrogen-bond acceptors (Lipinski definition) is 11. The second-order valence-corrected chi connectivity index (χ2v) is 12.3. The summed E-state index contributed by atoms with van der Waals surface area (Å²) in [6.07, 6.45) is 12.4. The second-order valence-electron chi connectivity index (χ2n) is 8.98. The van der Waals surface area contributed by atoms with E-state index >= 15 is 0 Å². The van der Waals surface area contributed by atoms with Crippen molar-refractivity contribution in [2.75, 3.05) is 31.0 Å². The van der Waals surface area contributed by atoms with E-state index in [9.17, 15) is 16.8 Å². The largest absolute Gasteiger partial charge is 0.381 e. The van der Waals surface area contributed by atoms with Crippen molar-refractivity contribution in [2.45, 2.75) is 57.2 Å². The minimum Gasteiger partial charge on any atom is -0.381 e. The standard InChI is InChI=1S/C21H31N5O7S2/c1-4-26-20-17(12-23-26)19(24-15-8-6-5-7-9-15)16(11-22-20)18-10-21(33-25-18,13-31-34(2,27)28)14-32-35(3,29)30/h10-12,15,25H,4-9,13-14H2,1-3H3,(H,22,24). The van der Waals surface area contributed by atoms with Crippen molar-refractivity contribution in [3.63, 3.8) is 0 Å². The van der Waals surface area contributed by atoms with Gasteiger partial charge in [0.05, 0.1) is 35.5 Å². The highest BCUT2D eigenvalue weighted by atomic mass is 32.2. The Balaban J connectivity index is 1.74. The molecular weight excluding hydrogens is 498 g/mol. The van der Waals surface area contributed by atoms with Crippen LogP contribution in [0.3, 0.4) is 0 Å². The summed E-state index contributed by atoms with van der Waals surface area (Å²) in [5, 5.41) is 8.95. The third-order valence-corrected chi connectivity index (χ3v) is 7.11. The average Bonchev–Trinajstić information content (AvgIpc) is 3.41. The quantitative estimate of drug-likeness (QED) is 0.433. The fourth-order valence-electron chi connectivity index (χ4n) is 4.28. The molecule has 1 aliphatic heterocycles. The highest BCUT2D eigenvalue weighted by Crippen LogP contribution is 2.36. The smallest absolute Gasteiger partial charge is 0.264 e. The molecule has 3 heterocycles. The zero-order chi connectivity index (χ0) is 25.3. The summed E-state index contributed by atoms with van der Waals surface area (Å²) in [7, 11) is -7.64. The van der Waals surface area contributed by atoms with Crippen LogP contribution in [0.4, 0.5) is 5.69 Å². The van der Waals surface area contributed by atoms with Crippen molar-refractivity contribution in [3.8, 4) is 0 Å². The number of nitrogens with zero attached hydrogens (tertiary/aromatic N) is 3. The predicted octanol–water partition coefficient (Wildman–Crippen LogP) is 1.76. The van der Waals surface area contributed by atoms with Crippen molar-refractivity contribution in [2.24, 2.45) is 0 Å². The summed E-state index contributed by atoms with van der Waals surface area (Å²) in [5.74, 6) is 0. The monoisotopic (exact) mass is 529 g/mol. The fraction of sp³-hybridized carbons (Fsp3) is 0.619. The van der Waals surface area contributed by atoms with Crippen molar-refractivity contribution in [1.82, 2.24) is 20.2 Å². The van der Waals surface area contributed by atoms with E-state index in [0.29, 0.717) is 17.8 Å². The van der Waals surface area contributed by atoms with Crippen LogP contribution in [0.5, 0.6) is 0 Å². The van der Waals surface area contributed by atoms with Crippen LogP contribution in [0.2, 0.25) is 0 Å². The Morgan fingerprint density at radius 1 is 1.11 bits per heavy atom. The minimum absolute atomic E-state index is 0.285. The molecule has 2 aliphatic rings. The Bertz CT molecular complexity index is 1280. The third-order valence-electron chi connectivity index (χ3n) is 6.02. The molecule has 0 bridgehead atoms. The van der Waals surface area contributed by atoms with E-state index in [2.05, 4.69) is 20.9 Å². The predicted molar refractivity (Wildman–Crippen MR) is 130 cm³/mol. The van der Waals surface area contributed by atoms with Gasteiger partial charge < -0.3 is 5.32 Å². The van der Waals surface area contributed by atoms with Gasteiger partial charge in [0.25, 0.3) is 20.2 Å². The summed E-state index contributed by atoms with van der Waals surface area (Å²) in [6, 6.07) is 0.285. The molecule has 0 unspecified atom stereocenters. The van der Waals surface area contributed by atoms with E-state index in [0.717, 1.165) is 54.9 Å². The first-order valence-electron chi connectivity index (χ1n) is 11.5. The fourth-order valence-corrected chi connectivity index (χ4v) is 5.10. The molecule has 0 saturated heterocycles. The van der Waals surface area contributed by atoms with E-state index in [1.165, 1.54) is 6.42 Å². The molecule has 2 aromatic rings. The number of aryl methyl sites for hydroxylation is 1. The molecule has 2 N–H and O–H groups in total. The molecule has 35 heavy (non-hydrogen) atoms. The zero-order valence-corrected chi connectivity index (χ0v) is 21.6. The molecule has 1 saturated carbocycles. The van der Waals surface area contributed by atoms with Crippen molar-refractivity contribution >= 4 is 42.7 Å². The molecule has 194 valence electrons. The van der Waals surface area contributed by atoms with Crippen LogP contribution in [0.1, 0.15) is 44.6 Å². The van der Waals surface area contributed by atoms with Crippen LogP contribution in [0.25, 0.3) is 16.7 Å². The number of hydroxylamine groups is 1. The van der Waals surface area contributed by atoms with Crippen LogP contribution in [0, 0.1) is 0 Å². The highest BCUT2D eigenvalue weighted by Gasteiger charge is 2.40. The maximum Gasteiger partial charge on any atom is 0.264 e. The van der Waals surface area contributed by atoms with Gasteiger partial charge in [0.15, 0.2) is 11.2 Å². The van der Waals surface area contributed by atoms with E-state index in [-0.39, 0.29) is 6.04 Å². The van der Waals surface area contributed by atoms with Gasteiger partial charge in [-0.2, -0.15) is 21.9 Å². The molecule has 1 aliphatic carbocycles. The SMILES string of the molecule is CCn1ncc2c(NC3CCCCC3)c(C3=CC(COS(C)(=O)=O)(COS(C)(=O)=O)ON3)cnc21. The first-order chi connectivity index (χ1) is 16.5. The number of hydrogen-bond donors (Lipinski definition) is 2. The summed E-state index contributed by atoms with van der Waals surface area (Å²) in [6.45, 7) is 1.69. The van der Waals surface area contributed by atoms with Gasteiger partial charge in [0.1, 0.15) is 13.2 Å². The summed E-state index contributed by atoms with van der Waals surface area (Å²) in [4.78, 5) is 10.3. The summed E-state index contributed by atoms with van der Waals surface area (Å²) < 4.78 is 58.2. The van der Waals surface area contributed by atoms with E-state index in [4.69, 9.17) is 13.2 Å². The first kappa shape index (κ1) is 25.8. The Morgan fingerprint density at radius 2 is 1.77 bits per heavy atom. The molecule has 1 fully saturated rings. The maximum absolute atomic E-state index is 11.6. The molecule has 0 radical (unpaired) electrons. The van der Waals surface area contributed by atoms with Crippen LogP contribution < -0.4 is 10.8 Å². The van der Waals surface area contributed by atoms with E-state index < -0.39 is 39.1 Å². The van der Waals surface area contributed by atoms with Crippen LogP contribution in [0.15, 0.2) is 18.5 Å². The van der Waals surface area contributed by atoms with Gasteiger partial charge in [-0.25, -0.2) is 9.67 Å². The second kappa shape index (κ2) is 10.0. The molecule has 0 atom stereocenters. The number of rotatable bonds is 10. The topological polar surface area (TPSA) is 151 Å². The molecule has 4 rings (SSSR count). The van der Waals surface area contributed by atoms with Crippen molar-refractivity contribution in [3.05, 3.63) is 24.0 Å². The number of nitrogens with one attached hydrogen (secondary N) is 2. The average molecular weight is 530 g/mol. The molecule has 14 heteroatoms. The maximum atomic E-state index is 11.6. The van der Waals surface area contributed by atoms with Gasteiger partial charge in [-0.05, 0) is 25.8 Å². The van der Waals surface area contributed by atoms with Crippen LogP contribution in [-0.4, -0.2) is 69.0 Å². The number of aromatic nitrogens is 3. The zero-order valence-electron chi connectivity index (χ0n) is 20.0. The lowest BCUT2D eigenvalue weighted by Crippen LogP contribution is -2.41. The van der Waals surface area contributed by atoms with Gasteiger partial charge in [-0.3, -0.25) is 18.7 Å². The molecule has 12 nitrogen and oxygen atoms in total. The number of pyridine rings is 1. The molecule has 0 amide bonds. The van der Waals surface area contributed by atoms with Gasteiger partial charge in [-0.15, -0.1) is 0 Å². The first-order valence-corrected chi connectivity index (χ1v) is 15.1. The Hall–Kier alpha value is -2.26. The molecule has 2 aromatic heterocycles. The third kappa shape index (κ3) is 6.30. The summed E-state index contributed by atoms with van der Waals surface area (Å²) >= 11 is 0. The number of fused-ring (bicyclic) bond motifs is 1. The lowest BCUT2D eigenvalue weighted by atomic mass is 9.94. The summed E-state index contributed by atoms with van der Waals surface area (Å²) in [5.41, 5.74) is 4.02. The van der Waals surface area contributed by atoms with Crippen LogP contribution >= 0.6 is 0 Å². The van der Waals surface area contributed by atoms with Crippen molar-refractivity contribution in [1.29, 1.82) is 0 Å². The van der Waals surface area contributed by atoms with Gasteiger partial charge >= 0.3 is 0 Å². The van der Waals surface area contributed by atoms with Gasteiger partial charge in [0, 0.05) is 24.3 Å². The van der Waals surface area contributed by atoms with E-state index in [1.54, 1.807) is 18.5 Å². The molecule has 0 aromatic carbocycles. The highest BCUT2D eigenvalue weighted by molar-refractivity contribution is 7.86. The number of anilines is 1. The minimum atomic E-state index is -3.82. The Morgan fingerprint density at radius 3 is 2.37 bits per heavy atom. The molecule has 0 spiro atoms. The van der Waals surface area contributed by atoms with Crippen molar-refractivity contribution < 1.29 is 30.0 Å². The van der Waals surface area contributed by atoms with E-state index in [1.807, 2.05) is 11.6 Å². The Labute approximate surface area is 205 Å².